The fraction of sp³-hybridized carbons (Fsp3) is 0.500. The molecule has 0 amide bonds. The van der Waals surface area contributed by atoms with Crippen molar-refractivity contribution in [3.8, 4) is 0 Å². The minimum atomic E-state index is 0.512. The van der Waals surface area contributed by atoms with Crippen LogP contribution in [0.15, 0.2) is 12.3 Å². The second-order valence-corrected chi connectivity index (χ2v) is 4.56. The lowest BCUT2D eigenvalue weighted by Gasteiger charge is -1.94. The van der Waals surface area contributed by atoms with Crippen LogP contribution in [0, 0.1) is 6.92 Å². The van der Waals surface area contributed by atoms with Crippen LogP contribution >= 0.6 is 11.3 Å². The predicted octanol–water partition coefficient (Wildman–Crippen LogP) is 4.15. The van der Waals surface area contributed by atoms with Crippen molar-refractivity contribution in [2.75, 3.05) is 0 Å². The Morgan fingerprint density at radius 1 is 1.27 bits per heavy atom. The minimum Gasteiger partial charge on any atom is -0.259 e. The number of nitrogens with zero attached hydrogens (tertiary/aromatic N) is 2. The molecule has 0 radical (unpaired) electrons. The van der Waals surface area contributed by atoms with Gasteiger partial charge in [-0.2, -0.15) is 0 Å². The topological polar surface area (TPSA) is 25.8 Å². The van der Waals surface area contributed by atoms with Crippen LogP contribution < -0.4 is 0 Å². The minimum absolute atomic E-state index is 0.512. The van der Waals surface area contributed by atoms with E-state index in [1.165, 1.54) is 9.71 Å². The lowest BCUT2D eigenvalue weighted by atomic mass is 10.2. The highest BCUT2D eigenvalue weighted by molar-refractivity contribution is 7.18. The van der Waals surface area contributed by atoms with Gasteiger partial charge in [-0.3, -0.25) is 4.98 Å². The van der Waals surface area contributed by atoms with Gasteiger partial charge in [-0.25, -0.2) is 4.98 Å². The number of rotatable bonds is 1. The summed E-state index contributed by atoms with van der Waals surface area (Å²) in [7, 11) is 0. The Morgan fingerprint density at radius 2 is 1.93 bits per heavy atom. The molecule has 0 fully saturated rings. The van der Waals surface area contributed by atoms with E-state index >= 15 is 0 Å². The van der Waals surface area contributed by atoms with E-state index < -0.39 is 0 Å². The maximum Gasteiger partial charge on any atom is 0.0998 e. The highest BCUT2D eigenvalue weighted by Gasteiger charge is 2.06. The van der Waals surface area contributed by atoms with Crippen LogP contribution in [0.5, 0.6) is 0 Å². The summed E-state index contributed by atoms with van der Waals surface area (Å²) in [4.78, 5) is 8.73. The number of hydrogen-bond acceptors (Lipinski definition) is 3. The Balaban J connectivity index is 0.000000531. The molecule has 0 atom stereocenters. The Kier molecular flexibility index (Phi) is 4.21. The summed E-state index contributed by atoms with van der Waals surface area (Å²) >= 11 is 1.77. The molecule has 0 saturated heterocycles. The first-order valence-corrected chi connectivity index (χ1v) is 6.21. The molecule has 0 N–H and O–H groups in total. The number of aryl methyl sites for hydroxylation is 1. The molecule has 0 saturated carbocycles. The molecule has 0 bridgehead atoms. The van der Waals surface area contributed by atoms with E-state index in [-0.39, 0.29) is 0 Å². The van der Waals surface area contributed by atoms with Gasteiger partial charge in [0.25, 0.3) is 0 Å². The first-order valence-electron chi connectivity index (χ1n) is 5.40. The number of thiazole rings is 1. The largest absolute Gasteiger partial charge is 0.259 e. The van der Waals surface area contributed by atoms with Crippen LogP contribution in [-0.4, -0.2) is 9.97 Å². The van der Waals surface area contributed by atoms with E-state index in [1.807, 2.05) is 27.0 Å². The third-order valence-corrected chi connectivity index (χ3v) is 3.24. The fourth-order valence-corrected chi connectivity index (χ4v) is 2.23. The summed E-state index contributed by atoms with van der Waals surface area (Å²) in [6.45, 7) is 10.3. The molecular formula is C12H18N2S. The Labute approximate surface area is 95.4 Å². The lowest BCUT2D eigenvalue weighted by molar-refractivity contribution is 0.856. The molecule has 0 aliphatic rings. The van der Waals surface area contributed by atoms with Crippen LogP contribution in [0.1, 0.15) is 44.3 Å². The van der Waals surface area contributed by atoms with E-state index in [0.717, 1.165) is 11.2 Å². The summed E-state index contributed by atoms with van der Waals surface area (Å²) < 4.78 is 1.25. The van der Waals surface area contributed by atoms with E-state index in [0.29, 0.717) is 5.92 Å². The maximum atomic E-state index is 4.51. The molecule has 15 heavy (non-hydrogen) atoms. The number of hydrogen-bond donors (Lipinski definition) is 0. The Morgan fingerprint density at radius 3 is 2.53 bits per heavy atom. The van der Waals surface area contributed by atoms with Crippen molar-refractivity contribution >= 4 is 21.6 Å². The molecule has 82 valence electrons. The summed E-state index contributed by atoms with van der Waals surface area (Å²) in [5, 5.41) is 1.20. The highest BCUT2D eigenvalue weighted by atomic mass is 32.1. The van der Waals surface area contributed by atoms with Crippen molar-refractivity contribution in [3.05, 3.63) is 23.0 Å². The summed E-state index contributed by atoms with van der Waals surface area (Å²) in [6.07, 6.45) is 1.85. The summed E-state index contributed by atoms with van der Waals surface area (Å²) in [5.41, 5.74) is 2.09. The second kappa shape index (κ2) is 5.21. The van der Waals surface area contributed by atoms with Crippen molar-refractivity contribution in [1.29, 1.82) is 0 Å². The zero-order valence-corrected chi connectivity index (χ0v) is 10.9. The van der Waals surface area contributed by atoms with Crippen LogP contribution in [0.25, 0.3) is 10.2 Å². The highest BCUT2D eigenvalue weighted by Crippen LogP contribution is 2.26. The molecule has 0 spiro atoms. The third-order valence-electron chi connectivity index (χ3n) is 1.92. The van der Waals surface area contributed by atoms with Gasteiger partial charge in [-0.1, -0.05) is 27.7 Å². The van der Waals surface area contributed by atoms with Crippen LogP contribution in [0.3, 0.4) is 0 Å². The molecule has 0 aromatic carbocycles. The molecule has 2 aromatic heterocycles. The molecule has 3 heteroatoms. The van der Waals surface area contributed by atoms with Gasteiger partial charge < -0.3 is 0 Å². The first-order chi connectivity index (χ1) is 7.16. The number of aromatic nitrogens is 2. The van der Waals surface area contributed by atoms with Crippen molar-refractivity contribution in [2.24, 2.45) is 0 Å². The van der Waals surface area contributed by atoms with Gasteiger partial charge in [0, 0.05) is 11.6 Å². The van der Waals surface area contributed by atoms with Crippen molar-refractivity contribution in [1.82, 2.24) is 9.97 Å². The van der Waals surface area contributed by atoms with Crippen LogP contribution in [-0.2, 0) is 0 Å². The molecule has 0 aliphatic heterocycles. The molecule has 2 heterocycles. The van der Waals surface area contributed by atoms with Gasteiger partial charge in [0.1, 0.15) is 0 Å². The molecule has 0 unspecified atom stereocenters. The van der Waals surface area contributed by atoms with Crippen LogP contribution in [0.2, 0.25) is 0 Å². The van der Waals surface area contributed by atoms with Gasteiger partial charge in [-0.15, -0.1) is 11.3 Å². The zero-order chi connectivity index (χ0) is 11.4. The van der Waals surface area contributed by atoms with Crippen molar-refractivity contribution in [2.45, 2.75) is 40.5 Å². The predicted molar refractivity (Wildman–Crippen MR) is 67.6 cm³/mol. The molecule has 2 aromatic rings. The Bertz CT molecular complexity index is 432. The first kappa shape index (κ1) is 12.1. The van der Waals surface area contributed by atoms with Crippen molar-refractivity contribution < 1.29 is 0 Å². The monoisotopic (exact) mass is 222 g/mol. The van der Waals surface area contributed by atoms with Crippen molar-refractivity contribution in [3.63, 3.8) is 0 Å². The van der Waals surface area contributed by atoms with Gasteiger partial charge in [0.2, 0.25) is 0 Å². The van der Waals surface area contributed by atoms with Gasteiger partial charge in [-0.05, 0) is 13.0 Å². The molecular weight excluding hydrogens is 204 g/mol. The van der Waals surface area contributed by atoms with Gasteiger partial charge >= 0.3 is 0 Å². The number of fused-ring (bicyclic) bond motifs is 1. The molecule has 2 nitrogen and oxygen atoms in total. The molecule has 2 rings (SSSR count). The number of pyridine rings is 1. The Hall–Kier alpha value is -0.960. The normalized spacial score (nSPS) is 10.3. The van der Waals surface area contributed by atoms with E-state index in [1.54, 1.807) is 11.3 Å². The smallest absolute Gasteiger partial charge is 0.0998 e. The average molecular weight is 222 g/mol. The van der Waals surface area contributed by atoms with Crippen LogP contribution in [0.4, 0.5) is 0 Å². The third kappa shape index (κ3) is 2.75. The zero-order valence-electron chi connectivity index (χ0n) is 10.0. The second-order valence-electron chi connectivity index (χ2n) is 3.50. The summed E-state index contributed by atoms with van der Waals surface area (Å²) in [6, 6.07) is 2.10. The summed E-state index contributed by atoms with van der Waals surface area (Å²) in [5.74, 6) is 0.512. The van der Waals surface area contributed by atoms with E-state index in [9.17, 15) is 0 Å². The standard InChI is InChI=1S/C10H12N2S.C2H6/c1-6(2)10-12-8-5-11-7(3)4-9(8)13-10;1-2/h4-6H,1-3H3;1-2H3. The average Bonchev–Trinajstić information content (AvgIpc) is 2.63. The van der Waals surface area contributed by atoms with E-state index in [2.05, 4.69) is 29.9 Å². The SMILES string of the molecule is CC.Cc1cc2sc(C(C)C)nc2cn1. The maximum absolute atomic E-state index is 4.51. The van der Waals surface area contributed by atoms with Gasteiger partial charge in [0.15, 0.2) is 0 Å². The fourth-order valence-electron chi connectivity index (χ4n) is 1.19. The van der Waals surface area contributed by atoms with E-state index in [4.69, 9.17) is 0 Å². The van der Waals surface area contributed by atoms with Gasteiger partial charge in [0.05, 0.1) is 21.4 Å². The quantitative estimate of drug-likeness (QED) is 0.724. The lowest BCUT2D eigenvalue weighted by Crippen LogP contribution is -1.83. The molecule has 0 aliphatic carbocycles.